The van der Waals surface area contributed by atoms with E-state index in [2.05, 4.69) is 9.97 Å². The normalized spacial score (nSPS) is 12.0. The Morgan fingerprint density at radius 3 is 2.57 bits per heavy atom. The number of aryl methyl sites for hydroxylation is 1. The second-order valence-corrected chi connectivity index (χ2v) is 5.04. The Morgan fingerprint density at radius 1 is 1.33 bits per heavy atom. The molecule has 2 aromatic rings. The average Bonchev–Trinajstić information content (AvgIpc) is 2.45. The summed E-state index contributed by atoms with van der Waals surface area (Å²) in [5.41, 5.74) is 1.31. The highest BCUT2D eigenvalue weighted by Gasteiger charge is 2.23. The van der Waals surface area contributed by atoms with Crippen LogP contribution in [-0.4, -0.2) is 28.2 Å². The van der Waals surface area contributed by atoms with E-state index in [0.717, 1.165) is 5.56 Å². The number of carboxylic acids is 1. The predicted octanol–water partition coefficient (Wildman–Crippen LogP) is 2.86. The molecule has 1 heterocycles. The van der Waals surface area contributed by atoms with Gasteiger partial charge in [-0.1, -0.05) is 23.7 Å². The molecule has 110 valence electrons. The number of aromatic nitrogens is 2. The number of carbonyl (C=O) groups is 1. The minimum absolute atomic E-state index is 0.326. The van der Waals surface area contributed by atoms with Gasteiger partial charge in [0.15, 0.2) is 0 Å². The van der Waals surface area contributed by atoms with Crippen molar-refractivity contribution in [1.29, 1.82) is 0 Å². The Kier molecular flexibility index (Phi) is 4.75. The van der Waals surface area contributed by atoms with Gasteiger partial charge < -0.3 is 9.84 Å². The number of benzene rings is 1. The summed E-state index contributed by atoms with van der Waals surface area (Å²) in [5.74, 6) is -0.863. The quantitative estimate of drug-likeness (QED) is 0.919. The maximum Gasteiger partial charge on any atom is 0.312 e. The highest BCUT2D eigenvalue weighted by Crippen LogP contribution is 2.23. The third-order valence-corrected chi connectivity index (χ3v) is 3.30. The lowest BCUT2D eigenvalue weighted by molar-refractivity contribution is -0.138. The van der Waals surface area contributed by atoms with Gasteiger partial charge in [0.2, 0.25) is 5.88 Å². The Balaban J connectivity index is 2.32. The maximum absolute atomic E-state index is 11.6. The van der Waals surface area contributed by atoms with Gasteiger partial charge in [-0.3, -0.25) is 4.79 Å². The van der Waals surface area contributed by atoms with Crippen LogP contribution < -0.4 is 4.74 Å². The molecule has 5 nitrogen and oxygen atoms in total. The molecule has 21 heavy (non-hydrogen) atoms. The summed E-state index contributed by atoms with van der Waals surface area (Å²) >= 11 is 5.83. The van der Waals surface area contributed by atoms with Crippen LogP contribution in [0.1, 0.15) is 23.0 Å². The van der Waals surface area contributed by atoms with E-state index in [9.17, 15) is 9.90 Å². The van der Waals surface area contributed by atoms with Crippen LogP contribution in [-0.2, 0) is 11.2 Å². The SMILES string of the molecule is COc1cc(C(Cc2ccc(Cl)cc2)C(=O)O)nc(C)n1. The minimum atomic E-state index is -0.940. The Hall–Kier alpha value is -2.14. The van der Waals surface area contributed by atoms with Gasteiger partial charge in [-0.15, -0.1) is 0 Å². The van der Waals surface area contributed by atoms with Gasteiger partial charge in [-0.05, 0) is 31.0 Å². The molecule has 1 atom stereocenters. The Bertz CT molecular complexity index is 644. The monoisotopic (exact) mass is 306 g/mol. The fraction of sp³-hybridized carbons (Fsp3) is 0.267. The molecular formula is C15H15ClN2O3. The van der Waals surface area contributed by atoms with Crippen molar-refractivity contribution in [3.63, 3.8) is 0 Å². The fourth-order valence-electron chi connectivity index (χ4n) is 2.02. The van der Waals surface area contributed by atoms with Crippen molar-refractivity contribution in [2.24, 2.45) is 0 Å². The molecule has 1 aromatic carbocycles. The van der Waals surface area contributed by atoms with Crippen LogP contribution >= 0.6 is 11.6 Å². The summed E-state index contributed by atoms with van der Waals surface area (Å²) in [6.45, 7) is 1.70. The zero-order chi connectivity index (χ0) is 15.4. The van der Waals surface area contributed by atoms with Gasteiger partial charge in [0.25, 0.3) is 0 Å². The zero-order valence-electron chi connectivity index (χ0n) is 11.7. The molecule has 0 bridgehead atoms. The minimum Gasteiger partial charge on any atom is -0.481 e. The highest BCUT2D eigenvalue weighted by atomic mass is 35.5. The number of ether oxygens (including phenoxy) is 1. The van der Waals surface area contributed by atoms with E-state index in [-0.39, 0.29) is 0 Å². The molecule has 0 spiro atoms. The molecule has 0 fully saturated rings. The van der Waals surface area contributed by atoms with Crippen molar-refractivity contribution in [1.82, 2.24) is 9.97 Å². The molecule has 2 rings (SSSR count). The average molecular weight is 307 g/mol. The molecule has 1 N–H and O–H groups in total. The Labute approximate surface area is 127 Å². The van der Waals surface area contributed by atoms with Crippen LogP contribution in [0.15, 0.2) is 30.3 Å². The zero-order valence-corrected chi connectivity index (χ0v) is 12.5. The fourth-order valence-corrected chi connectivity index (χ4v) is 2.15. The highest BCUT2D eigenvalue weighted by molar-refractivity contribution is 6.30. The predicted molar refractivity (Wildman–Crippen MR) is 78.9 cm³/mol. The first-order valence-corrected chi connectivity index (χ1v) is 6.74. The first-order chi connectivity index (χ1) is 9.99. The number of aliphatic carboxylic acids is 1. The van der Waals surface area contributed by atoms with Crippen LogP contribution in [0.25, 0.3) is 0 Å². The van der Waals surface area contributed by atoms with Gasteiger partial charge in [0, 0.05) is 11.1 Å². The first-order valence-electron chi connectivity index (χ1n) is 6.36. The third-order valence-electron chi connectivity index (χ3n) is 3.05. The van der Waals surface area contributed by atoms with E-state index in [1.165, 1.54) is 7.11 Å². The number of hydrogen-bond donors (Lipinski definition) is 1. The van der Waals surface area contributed by atoms with Crippen LogP contribution in [0.4, 0.5) is 0 Å². The largest absolute Gasteiger partial charge is 0.481 e. The van der Waals surface area contributed by atoms with Gasteiger partial charge in [0.1, 0.15) is 11.7 Å². The molecular weight excluding hydrogens is 292 g/mol. The van der Waals surface area contributed by atoms with Gasteiger partial charge >= 0.3 is 5.97 Å². The standard InChI is InChI=1S/C15H15ClN2O3/c1-9-17-13(8-14(18-9)21-2)12(15(19)20)7-10-3-5-11(16)6-4-10/h3-6,8,12H,7H2,1-2H3,(H,19,20). The summed E-state index contributed by atoms with van der Waals surface area (Å²) in [6, 6.07) is 8.65. The van der Waals surface area contributed by atoms with Crippen molar-refractivity contribution in [3.8, 4) is 5.88 Å². The molecule has 0 aliphatic heterocycles. The van der Waals surface area contributed by atoms with Gasteiger partial charge in [-0.2, -0.15) is 4.98 Å². The molecule has 1 unspecified atom stereocenters. The van der Waals surface area contributed by atoms with Crippen LogP contribution in [0.3, 0.4) is 0 Å². The maximum atomic E-state index is 11.6. The van der Waals surface area contributed by atoms with Gasteiger partial charge in [0.05, 0.1) is 12.8 Å². The van der Waals surface area contributed by atoms with Crippen molar-refractivity contribution in [2.45, 2.75) is 19.3 Å². The summed E-state index contributed by atoms with van der Waals surface area (Å²) in [6.07, 6.45) is 0.326. The molecule has 0 aliphatic carbocycles. The topological polar surface area (TPSA) is 72.3 Å². The molecule has 0 aliphatic rings. The van der Waals surface area contributed by atoms with Crippen molar-refractivity contribution >= 4 is 17.6 Å². The molecule has 1 aromatic heterocycles. The van der Waals surface area contributed by atoms with E-state index >= 15 is 0 Å². The number of methoxy groups -OCH3 is 1. The molecule has 0 radical (unpaired) electrons. The lowest BCUT2D eigenvalue weighted by Gasteiger charge is -2.13. The van der Waals surface area contributed by atoms with E-state index in [1.54, 1.807) is 25.1 Å². The Morgan fingerprint density at radius 2 is 2.00 bits per heavy atom. The number of carboxylic acid groups (broad SMARTS) is 1. The molecule has 0 saturated carbocycles. The summed E-state index contributed by atoms with van der Waals surface area (Å²) in [5, 5.41) is 10.1. The number of halogens is 1. The lowest BCUT2D eigenvalue weighted by atomic mass is 9.96. The van der Waals surface area contributed by atoms with Crippen molar-refractivity contribution < 1.29 is 14.6 Å². The van der Waals surface area contributed by atoms with Crippen LogP contribution in [0, 0.1) is 6.92 Å². The van der Waals surface area contributed by atoms with Crippen molar-refractivity contribution in [2.75, 3.05) is 7.11 Å². The molecule has 0 saturated heterocycles. The van der Waals surface area contributed by atoms with Gasteiger partial charge in [-0.25, -0.2) is 4.98 Å². The number of hydrogen-bond acceptors (Lipinski definition) is 4. The van der Waals surface area contributed by atoms with E-state index < -0.39 is 11.9 Å². The summed E-state index contributed by atoms with van der Waals surface area (Å²) in [4.78, 5) is 19.8. The number of nitrogens with zero attached hydrogens (tertiary/aromatic N) is 2. The second-order valence-electron chi connectivity index (χ2n) is 4.60. The summed E-state index contributed by atoms with van der Waals surface area (Å²) < 4.78 is 5.07. The summed E-state index contributed by atoms with van der Waals surface area (Å²) in [7, 11) is 1.49. The van der Waals surface area contributed by atoms with Crippen LogP contribution in [0.2, 0.25) is 5.02 Å². The number of rotatable bonds is 5. The smallest absolute Gasteiger partial charge is 0.312 e. The first kappa shape index (κ1) is 15.3. The molecule has 6 heteroatoms. The molecule has 0 amide bonds. The van der Waals surface area contributed by atoms with E-state index in [0.29, 0.717) is 28.8 Å². The van der Waals surface area contributed by atoms with Crippen LogP contribution in [0.5, 0.6) is 5.88 Å². The second kappa shape index (κ2) is 6.54. The van der Waals surface area contributed by atoms with E-state index in [1.807, 2.05) is 12.1 Å². The third kappa shape index (κ3) is 3.92. The van der Waals surface area contributed by atoms with Crippen molar-refractivity contribution in [3.05, 3.63) is 52.4 Å². The van der Waals surface area contributed by atoms with E-state index in [4.69, 9.17) is 16.3 Å². The lowest BCUT2D eigenvalue weighted by Crippen LogP contribution is -2.17.